The van der Waals surface area contributed by atoms with Crippen LogP contribution in [0.2, 0.25) is 0 Å². The van der Waals surface area contributed by atoms with E-state index in [1.807, 2.05) is 12.1 Å². The SMILES string of the molecule is Cn1c(=O)c2c(ncn2CC(=O)NCC(c2ccco2)N2CCCCC2)n(C)c1=O. The van der Waals surface area contributed by atoms with Crippen LogP contribution in [0.15, 0.2) is 38.7 Å². The lowest BCUT2D eigenvalue weighted by molar-refractivity contribution is -0.121. The molecule has 1 aliphatic rings. The van der Waals surface area contributed by atoms with E-state index in [9.17, 15) is 14.4 Å². The van der Waals surface area contributed by atoms with Crippen LogP contribution in [0.5, 0.6) is 0 Å². The predicted molar refractivity (Wildman–Crippen MR) is 110 cm³/mol. The molecule has 1 unspecified atom stereocenters. The molecule has 0 spiro atoms. The number of piperidine rings is 1. The number of aromatic nitrogens is 4. The second-order valence-corrected chi connectivity index (χ2v) is 7.68. The third-order valence-corrected chi connectivity index (χ3v) is 5.73. The number of furan rings is 1. The first-order chi connectivity index (χ1) is 14.5. The Hall–Kier alpha value is -3.14. The molecule has 1 saturated heterocycles. The van der Waals surface area contributed by atoms with Gasteiger partial charge in [0.05, 0.1) is 18.6 Å². The molecule has 1 amide bonds. The van der Waals surface area contributed by atoms with E-state index in [-0.39, 0.29) is 29.7 Å². The van der Waals surface area contributed by atoms with Crippen LogP contribution in [0.3, 0.4) is 0 Å². The quantitative estimate of drug-likeness (QED) is 0.625. The van der Waals surface area contributed by atoms with E-state index in [0.29, 0.717) is 6.54 Å². The highest BCUT2D eigenvalue weighted by Gasteiger charge is 2.25. The van der Waals surface area contributed by atoms with Crippen LogP contribution in [-0.4, -0.2) is 49.1 Å². The van der Waals surface area contributed by atoms with Gasteiger partial charge in [-0.3, -0.25) is 23.6 Å². The van der Waals surface area contributed by atoms with E-state index < -0.39 is 11.2 Å². The number of carbonyl (C=O) groups excluding carboxylic acids is 1. The summed E-state index contributed by atoms with van der Waals surface area (Å²) in [6.07, 6.45) is 6.55. The lowest BCUT2D eigenvalue weighted by Gasteiger charge is -2.33. The molecule has 0 aromatic carbocycles. The van der Waals surface area contributed by atoms with Gasteiger partial charge in [-0.15, -0.1) is 0 Å². The largest absolute Gasteiger partial charge is 0.468 e. The fourth-order valence-corrected chi connectivity index (χ4v) is 4.06. The number of likely N-dealkylation sites (tertiary alicyclic amines) is 1. The van der Waals surface area contributed by atoms with Crippen molar-refractivity contribution in [1.82, 2.24) is 28.9 Å². The van der Waals surface area contributed by atoms with E-state index in [4.69, 9.17) is 4.42 Å². The summed E-state index contributed by atoms with van der Waals surface area (Å²) in [5.74, 6) is 0.591. The number of nitrogens with zero attached hydrogens (tertiary/aromatic N) is 5. The van der Waals surface area contributed by atoms with Crippen molar-refractivity contribution in [2.75, 3.05) is 19.6 Å². The summed E-state index contributed by atoms with van der Waals surface area (Å²) in [5.41, 5.74) is -0.434. The Bertz CT molecular complexity index is 1150. The van der Waals surface area contributed by atoms with Crippen molar-refractivity contribution >= 4 is 17.1 Å². The highest BCUT2D eigenvalue weighted by molar-refractivity contribution is 5.78. The van der Waals surface area contributed by atoms with Crippen molar-refractivity contribution in [1.29, 1.82) is 0 Å². The minimum Gasteiger partial charge on any atom is -0.468 e. The normalized spacial score (nSPS) is 16.1. The molecule has 10 heteroatoms. The fourth-order valence-electron chi connectivity index (χ4n) is 4.06. The van der Waals surface area contributed by atoms with Gasteiger partial charge in [0.15, 0.2) is 11.2 Å². The Morgan fingerprint density at radius 3 is 2.67 bits per heavy atom. The summed E-state index contributed by atoms with van der Waals surface area (Å²) in [5, 5.41) is 2.96. The monoisotopic (exact) mass is 414 g/mol. The molecule has 160 valence electrons. The third-order valence-electron chi connectivity index (χ3n) is 5.73. The molecule has 30 heavy (non-hydrogen) atoms. The number of fused-ring (bicyclic) bond motifs is 1. The number of nitrogens with one attached hydrogen (secondary N) is 1. The van der Waals surface area contributed by atoms with Gasteiger partial charge in [0.2, 0.25) is 5.91 Å². The number of aryl methyl sites for hydroxylation is 1. The Labute approximate surface area is 172 Å². The Morgan fingerprint density at radius 2 is 1.97 bits per heavy atom. The average Bonchev–Trinajstić information content (AvgIpc) is 3.42. The summed E-state index contributed by atoms with van der Waals surface area (Å²) in [6, 6.07) is 3.75. The van der Waals surface area contributed by atoms with Gasteiger partial charge in [-0.25, -0.2) is 9.78 Å². The van der Waals surface area contributed by atoms with Gasteiger partial charge in [-0.1, -0.05) is 6.42 Å². The fraction of sp³-hybridized carbons (Fsp3) is 0.500. The first-order valence-corrected chi connectivity index (χ1v) is 10.1. The smallest absolute Gasteiger partial charge is 0.332 e. The van der Waals surface area contributed by atoms with E-state index in [1.54, 1.807) is 13.3 Å². The number of hydrogen-bond donors (Lipinski definition) is 1. The molecule has 0 saturated carbocycles. The maximum absolute atomic E-state index is 12.7. The van der Waals surface area contributed by atoms with Crippen LogP contribution in [0, 0.1) is 0 Å². The summed E-state index contributed by atoms with van der Waals surface area (Å²) in [4.78, 5) is 43.7. The number of rotatable bonds is 6. The Balaban J connectivity index is 1.50. The van der Waals surface area contributed by atoms with E-state index in [0.717, 1.165) is 36.3 Å². The topological polar surface area (TPSA) is 107 Å². The average molecular weight is 414 g/mol. The molecule has 1 aliphatic heterocycles. The minimum atomic E-state index is -0.472. The second-order valence-electron chi connectivity index (χ2n) is 7.68. The molecular weight excluding hydrogens is 388 g/mol. The second kappa shape index (κ2) is 8.31. The van der Waals surface area contributed by atoms with Crippen molar-refractivity contribution < 1.29 is 9.21 Å². The van der Waals surface area contributed by atoms with E-state index in [1.165, 1.54) is 28.9 Å². The first kappa shape index (κ1) is 20.1. The molecule has 3 aromatic heterocycles. The van der Waals surface area contributed by atoms with Crippen molar-refractivity contribution in [3.63, 3.8) is 0 Å². The molecule has 10 nitrogen and oxygen atoms in total. The van der Waals surface area contributed by atoms with E-state index >= 15 is 0 Å². The third kappa shape index (κ3) is 3.70. The van der Waals surface area contributed by atoms with Gasteiger partial charge < -0.3 is 14.3 Å². The number of hydrogen-bond acceptors (Lipinski definition) is 6. The van der Waals surface area contributed by atoms with Crippen LogP contribution < -0.4 is 16.6 Å². The van der Waals surface area contributed by atoms with Gasteiger partial charge in [-0.2, -0.15) is 0 Å². The number of amides is 1. The maximum Gasteiger partial charge on any atom is 0.332 e. The zero-order valence-corrected chi connectivity index (χ0v) is 17.2. The van der Waals surface area contributed by atoms with Crippen molar-refractivity contribution in [2.45, 2.75) is 31.8 Å². The molecule has 1 atom stereocenters. The van der Waals surface area contributed by atoms with Crippen molar-refractivity contribution in [3.05, 3.63) is 51.3 Å². The summed E-state index contributed by atoms with van der Waals surface area (Å²) < 4.78 is 9.41. The molecule has 4 rings (SSSR count). The summed E-state index contributed by atoms with van der Waals surface area (Å²) in [6.45, 7) is 2.29. The molecular formula is C20H26N6O4. The summed E-state index contributed by atoms with van der Waals surface area (Å²) >= 11 is 0. The zero-order valence-electron chi connectivity index (χ0n) is 17.2. The highest BCUT2D eigenvalue weighted by atomic mass is 16.3. The first-order valence-electron chi connectivity index (χ1n) is 10.1. The molecule has 0 aliphatic carbocycles. The van der Waals surface area contributed by atoms with Crippen LogP contribution in [-0.2, 0) is 25.4 Å². The van der Waals surface area contributed by atoms with Crippen LogP contribution in [0.25, 0.3) is 11.2 Å². The summed E-state index contributed by atoms with van der Waals surface area (Å²) in [7, 11) is 2.96. The molecule has 3 aromatic rings. The zero-order chi connectivity index (χ0) is 21.3. The van der Waals surface area contributed by atoms with Crippen LogP contribution in [0.1, 0.15) is 31.1 Å². The predicted octanol–water partition coefficient (Wildman–Crippen LogP) is 0.370. The van der Waals surface area contributed by atoms with Crippen molar-refractivity contribution in [2.24, 2.45) is 14.1 Å². The number of imidazole rings is 1. The van der Waals surface area contributed by atoms with Crippen molar-refractivity contribution in [3.8, 4) is 0 Å². The maximum atomic E-state index is 12.7. The molecule has 4 heterocycles. The lowest BCUT2D eigenvalue weighted by atomic mass is 10.1. The van der Waals surface area contributed by atoms with Gasteiger partial charge >= 0.3 is 5.69 Å². The standard InChI is InChI=1S/C20H26N6O4/c1-23-18-17(19(28)24(2)20(23)29)26(13-22-18)12-16(27)21-11-14(15-7-6-10-30-15)25-8-4-3-5-9-25/h6-7,10,13-14H,3-5,8-9,11-12H2,1-2H3,(H,21,27). The van der Waals surface area contributed by atoms with Crippen LogP contribution >= 0.6 is 0 Å². The Morgan fingerprint density at radius 1 is 1.20 bits per heavy atom. The van der Waals surface area contributed by atoms with E-state index in [2.05, 4.69) is 15.2 Å². The Kier molecular flexibility index (Phi) is 5.58. The highest BCUT2D eigenvalue weighted by Crippen LogP contribution is 2.24. The molecule has 1 N–H and O–H groups in total. The molecule has 0 radical (unpaired) electrons. The van der Waals surface area contributed by atoms with Gasteiger partial charge in [0.25, 0.3) is 5.56 Å². The van der Waals surface area contributed by atoms with Gasteiger partial charge in [-0.05, 0) is 38.1 Å². The van der Waals surface area contributed by atoms with Gasteiger partial charge in [0, 0.05) is 20.6 Å². The minimum absolute atomic E-state index is 0.0301. The molecule has 0 bridgehead atoms. The van der Waals surface area contributed by atoms with Crippen LogP contribution in [0.4, 0.5) is 0 Å². The van der Waals surface area contributed by atoms with Gasteiger partial charge in [0.1, 0.15) is 12.3 Å². The number of carbonyl (C=O) groups is 1. The lowest BCUT2D eigenvalue weighted by Crippen LogP contribution is -2.41. The molecule has 1 fully saturated rings.